The summed E-state index contributed by atoms with van der Waals surface area (Å²) >= 11 is 1.78. The molecule has 0 spiro atoms. The fourth-order valence-corrected chi connectivity index (χ4v) is 3.55. The highest BCUT2D eigenvalue weighted by Crippen LogP contribution is 2.39. The maximum atomic E-state index is 3.92. The summed E-state index contributed by atoms with van der Waals surface area (Å²) in [6.45, 7) is 18.5. The number of benzene rings is 2. The van der Waals surface area contributed by atoms with Crippen molar-refractivity contribution in [3.05, 3.63) is 97.4 Å². The molecule has 1 heteroatoms. The van der Waals surface area contributed by atoms with Crippen LogP contribution in [0.4, 0.5) is 0 Å². The summed E-state index contributed by atoms with van der Waals surface area (Å²) in [4.78, 5) is 1.19. The van der Waals surface area contributed by atoms with E-state index in [0.717, 1.165) is 0 Å². The molecule has 3 aromatic rings. The van der Waals surface area contributed by atoms with E-state index < -0.39 is 0 Å². The van der Waals surface area contributed by atoms with Gasteiger partial charge in [-0.1, -0.05) is 113 Å². The van der Waals surface area contributed by atoms with Crippen LogP contribution in [-0.4, -0.2) is 0 Å². The van der Waals surface area contributed by atoms with Crippen LogP contribution in [-0.2, 0) is 0 Å². The van der Waals surface area contributed by atoms with E-state index in [1.54, 1.807) is 23.5 Å². The molecule has 0 saturated heterocycles. The first-order valence-electron chi connectivity index (χ1n) is 8.36. The minimum absolute atomic E-state index is 1.19. The van der Waals surface area contributed by atoms with Gasteiger partial charge in [0.1, 0.15) is 0 Å². The van der Waals surface area contributed by atoms with Crippen LogP contribution in [0.3, 0.4) is 0 Å². The van der Waals surface area contributed by atoms with Crippen LogP contribution in [0.15, 0.2) is 87.0 Å². The van der Waals surface area contributed by atoms with E-state index in [1.165, 1.54) is 31.7 Å². The van der Waals surface area contributed by atoms with Crippen LogP contribution in [0.2, 0.25) is 0 Å². The van der Waals surface area contributed by atoms with Gasteiger partial charge >= 0.3 is 0 Å². The van der Waals surface area contributed by atoms with Gasteiger partial charge in [-0.2, -0.15) is 0 Å². The fourth-order valence-electron chi connectivity index (χ4n) is 2.36. The lowest BCUT2D eigenvalue weighted by atomic mass is 10.0. The molecule has 25 heavy (non-hydrogen) atoms. The second-order valence-electron chi connectivity index (χ2n) is 4.81. The fraction of sp³-hybridized carbons (Fsp3) is 0.0833. The zero-order valence-electron chi connectivity index (χ0n) is 15.2. The summed E-state index contributed by atoms with van der Waals surface area (Å²) in [7, 11) is 0. The standard InChI is InChI=1S/C18H14S.C4H6.C2H6/c1-3-14-16-12-8-11-15(13-9-6-5-7-10-13)18(16)19-17(14)4-2;1-3-4-2;1-2/h3-12H,1-2H2;3-4H,1-2H2;1-2H3. The minimum Gasteiger partial charge on any atom is -0.135 e. The second kappa shape index (κ2) is 11.0. The zero-order valence-corrected chi connectivity index (χ0v) is 16.0. The van der Waals surface area contributed by atoms with E-state index in [-0.39, 0.29) is 0 Å². The van der Waals surface area contributed by atoms with Gasteiger partial charge in [0.05, 0.1) is 0 Å². The van der Waals surface area contributed by atoms with Crippen LogP contribution in [0.1, 0.15) is 24.3 Å². The van der Waals surface area contributed by atoms with E-state index in [4.69, 9.17) is 0 Å². The molecule has 0 N–H and O–H groups in total. The molecule has 0 atom stereocenters. The smallest absolute Gasteiger partial charge is 0.0433 e. The van der Waals surface area contributed by atoms with Crippen molar-refractivity contribution in [3.8, 4) is 11.1 Å². The van der Waals surface area contributed by atoms with Crippen LogP contribution >= 0.6 is 11.3 Å². The summed E-state index contributed by atoms with van der Waals surface area (Å²) in [6, 6.07) is 16.9. The Balaban J connectivity index is 0.000000461. The Labute approximate surface area is 156 Å². The Kier molecular flexibility index (Phi) is 8.99. The third kappa shape index (κ3) is 4.91. The normalized spacial score (nSPS) is 9.04. The maximum absolute atomic E-state index is 3.92. The maximum Gasteiger partial charge on any atom is 0.0433 e. The number of hydrogen-bond donors (Lipinski definition) is 0. The zero-order chi connectivity index (χ0) is 18.7. The Morgan fingerprint density at radius 1 is 0.760 bits per heavy atom. The molecule has 0 fully saturated rings. The van der Waals surface area contributed by atoms with E-state index in [9.17, 15) is 0 Å². The average molecular weight is 347 g/mol. The summed E-state index contributed by atoms with van der Waals surface area (Å²) in [5.41, 5.74) is 3.72. The molecule has 0 amide bonds. The molecule has 0 saturated carbocycles. The molecule has 2 aromatic carbocycles. The van der Waals surface area contributed by atoms with Crippen molar-refractivity contribution in [2.45, 2.75) is 13.8 Å². The topological polar surface area (TPSA) is 0 Å². The highest BCUT2D eigenvalue weighted by molar-refractivity contribution is 7.20. The van der Waals surface area contributed by atoms with Gasteiger partial charge in [-0.05, 0) is 16.7 Å². The SMILES string of the molecule is C=CC=C.C=Cc1sc2c(-c3ccccc3)cccc2c1C=C.CC. The molecular formula is C24H26S. The molecule has 0 aliphatic heterocycles. The average Bonchev–Trinajstić information content (AvgIpc) is 3.08. The molecule has 0 aliphatic rings. The summed E-state index contributed by atoms with van der Waals surface area (Å²) in [6.07, 6.45) is 7.11. The first kappa shape index (κ1) is 20.4. The van der Waals surface area contributed by atoms with Crippen LogP contribution in [0.25, 0.3) is 33.4 Å². The summed E-state index contributed by atoms with van der Waals surface area (Å²) in [5.74, 6) is 0. The van der Waals surface area contributed by atoms with E-state index in [2.05, 4.69) is 68.8 Å². The van der Waals surface area contributed by atoms with Crippen molar-refractivity contribution in [2.24, 2.45) is 0 Å². The lowest BCUT2D eigenvalue weighted by molar-refractivity contribution is 1.50. The van der Waals surface area contributed by atoms with Crippen molar-refractivity contribution in [1.82, 2.24) is 0 Å². The molecule has 0 bridgehead atoms. The number of hydrogen-bond acceptors (Lipinski definition) is 1. The molecule has 0 aliphatic carbocycles. The molecule has 3 rings (SSSR count). The number of fused-ring (bicyclic) bond motifs is 1. The molecular weight excluding hydrogens is 320 g/mol. The van der Waals surface area contributed by atoms with Crippen LogP contribution in [0, 0.1) is 0 Å². The third-order valence-corrected chi connectivity index (χ3v) is 4.67. The van der Waals surface area contributed by atoms with Gasteiger partial charge in [0.25, 0.3) is 0 Å². The molecule has 0 radical (unpaired) electrons. The highest BCUT2D eigenvalue weighted by atomic mass is 32.1. The monoisotopic (exact) mass is 346 g/mol. The van der Waals surface area contributed by atoms with Gasteiger partial charge in [-0.25, -0.2) is 0 Å². The van der Waals surface area contributed by atoms with Crippen molar-refractivity contribution < 1.29 is 0 Å². The third-order valence-electron chi connectivity index (χ3n) is 3.42. The quantitative estimate of drug-likeness (QED) is 0.417. The van der Waals surface area contributed by atoms with Gasteiger partial charge in [-0.3, -0.25) is 0 Å². The van der Waals surface area contributed by atoms with Gasteiger partial charge < -0.3 is 0 Å². The molecule has 128 valence electrons. The Morgan fingerprint density at radius 2 is 1.40 bits per heavy atom. The lowest BCUT2D eigenvalue weighted by Gasteiger charge is -2.03. The Bertz CT molecular complexity index is 829. The number of allylic oxidation sites excluding steroid dienone is 2. The summed E-state index contributed by atoms with van der Waals surface area (Å²) in [5, 5.41) is 1.26. The van der Waals surface area contributed by atoms with Crippen molar-refractivity contribution in [1.29, 1.82) is 0 Å². The Hall–Kier alpha value is -2.64. The van der Waals surface area contributed by atoms with Gasteiger partial charge in [-0.15, -0.1) is 11.3 Å². The second-order valence-corrected chi connectivity index (χ2v) is 5.86. The Morgan fingerprint density at radius 3 is 1.92 bits per heavy atom. The van der Waals surface area contributed by atoms with E-state index >= 15 is 0 Å². The van der Waals surface area contributed by atoms with Crippen molar-refractivity contribution >= 4 is 33.6 Å². The number of thiophene rings is 1. The van der Waals surface area contributed by atoms with Crippen LogP contribution in [0.5, 0.6) is 0 Å². The van der Waals surface area contributed by atoms with Gasteiger partial charge in [0, 0.05) is 15.0 Å². The minimum atomic E-state index is 1.19. The molecule has 0 unspecified atom stereocenters. The van der Waals surface area contributed by atoms with Crippen molar-refractivity contribution in [3.63, 3.8) is 0 Å². The van der Waals surface area contributed by atoms with E-state index in [1.807, 2.05) is 32.1 Å². The molecule has 1 aromatic heterocycles. The summed E-state index contributed by atoms with van der Waals surface area (Å²) < 4.78 is 1.30. The predicted octanol–water partition coefficient (Wildman–Crippen LogP) is 8.24. The first-order chi connectivity index (χ1) is 12.3. The van der Waals surface area contributed by atoms with E-state index in [0.29, 0.717) is 0 Å². The largest absolute Gasteiger partial charge is 0.135 e. The lowest BCUT2D eigenvalue weighted by Crippen LogP contribution is -1.77. The first-order valence-corrected chi connectivity index (χ1v) is 9.17. The number of rotatable bonds is 4. The van der Waals surface area contributed by atoms with Gasteiger partial charge in [0.15, 0.2) is 0 Å². The molecule has 0 nitrogen and oxygen atoms in total. The van der Waals surface area contributed by atoms with Crippen LogP contribution < -0.4 is 0 Å². The van der Waals surface area contributed by atoms with Gasteiger partial charge in [0.2, 0.25) is 0 Å². The highest BCUT2D eigenvalue weighted by Gasteiger charge is 2.11. The van der Waals surface area contributed by atoms with Crippen molar-refractivity contribution in [2.75, 3.05) is 0 Å². The predicted molar refractivity (Wildman–Crippen MR) is 119 cm³/mol. The molecule has 1 heterocycles.